The molecule has 25 heavy (non-hydrogen) atoms. The number of hydrogen-bond acceptors (Lipinski definition) is 5. The lowest BCUT2D eigenvalue weighted by Gasteiger charge is -2.26. The summed E-state index contributed by atoms with van der Waals surface area (Å²) < 4.78 is 7.08. The molecule has 0 radical (unpaired) electrons. The predicted molar refractivity (Wildman–Crippen MR) is 111 cm³/mol. The van der Waals surface area contributed by atoms with Crippen LogP contribution in [0.5, 0.6) is 0 Å². The van der Waals surface area contributed by atoms with Crippen LogP contribution in [0.1, 0.15) is 38.8 Å². The Balaban J connectivity index is 0.00000312. The number of nitrogens with one attached hydrogen (secondary N) is 3. The van der Waals surface area contributed by atoms with Crippen molar-refractivity contribution in [3.8, 4) is 0 Å². The SMILES string of the molecule is CN=C(NCCNC(C)(C)C)NC1CCc2nc(COC)nn2C1.I. The number of rotatable bonds is 6. The number of fused-ring (bicyclic) bond motifs is 1. The van der Waals surface area contributed by atoms with E-state index in [-0.39, 0.29) is 29.5 Å². The zero-order valence-corrected chi connectivity index (χ0v) is 18.3. The van der Waals surface area contributed by atoms with Crippen molar-refractivity contribution in [2.75, 3.05) is 27.2 Å². The first-order valence-corrected chi connectivity index (χ1v) is 8.55. The number of aromatic nitrogens is 3. The normalized spacial score (nSPS) is 17.6. The molecule has 0 saturated heterocycles. The van der Waals surface area contributed by atoms with Crippen LogP contribution in [0, 0.1) is 0 Å². The average molecular weight is 465 g/mol. The minimum absolute atomic E-state index is 0. The van der Waals surface area contributed by atoms with E-state index >= 15 is 0 Å². The van der Waals surface area contributed by atoms with Gasteiger partial charge in [-0.05, 0) is 27.2 Å². The van der Waals surface area contributed by atoms with Gasteiger partial charge in [0.1, 0.15) is 12.4 Å². The number of aryl methyl sites for hydroxylation is 1. The summed E-state index contributed by atoms with van der Waals surface area (Å²) in [4.78, 5) is 8.81. The fraction of sp³-hybridized carbons (Fsp3) is 0.812. The lowest BCUT2D eigenvalue weighted by atomic mass is 10.1. The standard InChI is InChI=1S/C16H31N7O.HI/c1-16(2,3)19-9-8-18-15(17-4)20-12-6-7-14-21-13(11-24-5)22-23(14)10-12;/h12,19H,6-11H2,1-5H3,(H2,17,18,20);1H. The van der Waals surface area contributed by atoms with Gasteiger partial charge in [-0.2, -0.15) is 5.10 Å². The first-order valence-electron chi connectivity index (χ1n) is 8.55. The second-order valence-corrected chi connectivity index (χ2v) is 7.12. The Morgan fingerprint density at radius 1 is 1.36 bits per heavy atom. The van der Waals surface area contributed by atoms with E-state index in [0.29, 0.717) is 12.6 Å². The first kappa shape index (κ1) is 22.1. The molecule has 1 atom stereocenters. The van der Waals surface area contributed by atoms with Crippen LogP contribution >= 0.6 is 24.0 Å². The van der Waals surface area contributed by atoms with Crippen LogP contribution in [0.25, 0.3) is 0 Å². The van der Waals surface area contributed by atoms with Crippen molar-refractivity contribution in [2.24, 2.45) is 4.99 Å². The second-order valence-electron chi connectivity index (χ2n) is 7.12. The molecule has 1 unspecified atom stereocenters. The van der Waals surface area contributed by atoms with Gasteiger partial charge in [-0.25, -0.2) is 9.67 Å². The van der Waals surface area contributed by atoms with Crippen molar-refractivity contribution in [3.63, 3.8) is 0 Å². The molecule has 0 aliphatic carbocycles. The lowest BCUT2D eigenvalue weighted by Crippen LogP contribution is -2.49. The summed E-state index contributed by atoms with van der Waals surface area (Å²) in [6.45, 7) is 9.47. The summed E-state index contributed by atoms with van der Waals surface area (Å²) in [5.41, 5.74) is 0.130. The van der Waals surface area contributed by atoms with Crippen molar-refractivity contribution < 1.29 is 4.74 Å². The van der Waals surface area contributed by atoms with Gasteiger partial charge in [0.2, 0.25) is 0 Å². The smallest absolute Gasteiger partial charge is 0.191 e. The Labute approximate surface area is 167 Å². The van der Waals surface area contributed by atoms with Crippen LogP contribution in [0.2, 0.25) is 0 Å². The summed E-state index contributed by atoms with van der Waals surface area (Å²) in [5, 5.41) is 14.8. The molecule has 0 spiro atoms. The van der Waals surface area contributed by atoms with Crippen molar-refractivity contribution in [1.82, 2.24) is 30.7 Å². The number of halogens is 1. The number of hydrogen-bond donors (Lipinski definition) is 3. The topological polar surface area (TPSA) is 88.4 Å². The zero-order chi connectivity index (χ0) is 17.6. The first-order chi connectivity index (χ1) is 11.4. The summed E-state index contributed by atoms with van der Waals surface area (Å²) in [6, 6.07) is 0.302. The van der Waals surface area contributed by atoms with Crippen LogP contribution in [0.3, 0.4) is 0 Å². The van der Waals surface area contributed by atoms with Crippen molar-refractivity contribution >= 4 is 29.9 Å². The maximum Gasteiger partial charge on any atom is 0.191 e. The molecule has 1 aliphatic heterocycles. The summed E-state index contributed by atoms with van der Waals surface area (Å²) >= 11 is 0. The van der Waals surface area contributed by atoms with E-state index in [1.807, 2.05) is 4.68 Å². The second kappa shape index (κ2) is 10.3. The van der Waals surface area contributed by atoms with Crippen molar-refractivity contribution in [3.05, 3.63) is 11.6 Å². The molecule has 0 fully saturated rings. The van der Waals surface area contributed by atoms with Gasteiger partial charge < -0.3 is 20.7 Å². The Kier molecular flexibility index (Phi) is 9.08. The van der Waals surface area contributed by atoms with Gasteiger partial charge in [-0.15, -0.1) is 24.0 Å². The molecule has 0 bridgehead atoms. The van der Waals surface area contributed by atoms with E-state index in [9.17, 15) is 0 Å². The molecule has 0 aromatic carbocycles. The zero-order valence-electron chi connectivity index (χ0n) is 15.9. The molecule has 0 saturated carbocycles. The molecule has 144 valence electrons. The maximum absolute atomic E-state index is 5.10. The van der Waals surface area contributed by atoms with Gasteiger partial charge in [-0.1, -0.05) is 0 Å². The van der Waals surface area contributed by atoms with Crippen LogP contribution in [-0.2, 0) is 24.3 Å². The van der Waals surface area contributed by atoms with E-state index in [2.05, 4.69) is 51.8 Å². The summed E-state index contributed by atoms with van der Waals surface area (Å²) in [7, 11) is 3.46. The molecule has 9 heteroatoms. The highest BCUT2D eigenvalue weighted by Gasteiger charge is 2.22. The molecule has 1 aromatic heterocycles. The molecule has 2 rings (SSSR count). The third-order valence-electron chi connectivity index (χ3n) is 3.81. The highest BCUT2D eigenvalue weighted by atomic mass is 127. The Morgan fingerprint density at radius 3 is 2.76 bits per heavy atom. The third kappa shape index (κ3) is 7.45. The summed E-state index contributed by atoms with van der Waals surface area (Å²) in [6.07, 6.45) is 1.93. The highest BCUT2D eigenvalue weighted by molar-refractivity contribution is 14.0. The fourth-order valence-electron chi connectivity index (χ4n) is 2.68. The van der Waals surface area contributed by atoms with Gasteiger partial charge in [0, 0.05) is 45.2 Å². The van der Waals surface area contributed by atoms with Gasteiger partial charge in [0.15, 0.2) is 11.8 Å². The van der Waals surface area contributed by atoms with Crippen LogP contribution in [0.4, 0.5) is 0 Å². The van der Waals surface area contributed by atoms with E-state index < -0.39 is 0 Å². The highest BCUT2D eigenvalue weighted by Crippen LogP contribution is 2.13. The van der Waals surface area contributed by atoms with Gasteiger partial charge in [-0.3, -0.25) is 4.99 Å². The molecule has 1 aromatic rings. The summed E-state index contributed by atoms with van der Waals surface area (Å²) in [5.74, 6) is 2.62. The van der Waals surface area contributed by atoms with Gasteiger partial charge >= 0.3 is 0 Å². The molecule has 1 aliphatic rings. The number of ether oxygens (including phenoxy) is 1. The fourth-order valence-corrected chi connectivity index (χ4v) is 2.68. The molecular formula is C16H32IN7O. The third-order valence-corrected chi connectivity index (χ3v) is 3.81. The van der Waals surface area contributed by atoms with Crippen LogP contribution in [0.15, 0.2) is 4.99 Å². The minimum atomic E-state index is 0. The number of aliphatic imine (C=N–C) groups is 1. The molecule has 3 N–H and O–H groups in total. The quantitative estimate of drug-likeness (QED) is 0.251. The Bertz CT molecular complexity index is 553. The molecule has 8 nitrogen and oxygen atoms in total. The van der Waals surface area contributed by atoms with Crippen LogP contribution < -0.4 is 16.0 Å². The number of guanidine groups is 1. The van der Waals surface area contributed by atoms with Gasteiger partial charge in [0.05, 0.1) is 6.54 Å². The van der Waals surface area contributed by atoms with Gasteiger partial charge in [0.25, 0.3) is 0 Å². The molecule has 0 amide bonds. The average Bonchev–Trinajstić information content (AvgIpc) is 2.91. The van der Waals surface area contributed by atoms with Crippen molar-refractivity contribution in [1.29, 1.82) is 0 Å². The van der Waals surface area contributed by atoms with E-state index in [0.717, 1.165) is 50.1 Å². The molecule has 2 heterocycles. The number of nitrogens with zero attached hydrogens (tertiary/aromatic N) is 4. The predicted octanol–water partition coefficient (Wildman–Crippen LogP) is 0.910. The van der Waals surface area contributed by atoms with E-state index in [1.54, 1.807) is 14.2 Å². The number of methoxy groups -OCH3 is 1. The Morgan fingerprint density at radius 2 is 2.12 bits per heavy atom. The Hall–Kier alpha value is -0.940. The minimum Gasteiger partial charge on any atom is -0.377 e. The van der Waals surface area contributed by atoms with E-state index in [1.165, 1.54) is 0 Å². The maximum atomic E-state index is 5.10. The molecular weight excluding hydrogens is 433 g/mol. The van der Waals surface area contributed by atoms with Crippen molar-refractivity contribution in [2.45, 2.75) is 58.3 Å². The lowest BCUT2D eigenvalue weighted by molar-refractivity contribution is 0.177. The van der Waals surface area contributed by atoms with E-state index in [4.69, 9.17) is 4.74 Å². The monoisotopic (exact) mass is 465 g/mol. The van der Waals surface area contributed by atoms with Crippen LogP contribution in [-0.4, -0.2) is 59.6 Å². The largest absolute Gasteiger partial charge is 0.377 e.